The predicted octanol–water partition coefficient (Wildman–Crippen LogP) is 11.9. The Labute approximate surface area is 288 Å². The van der Waals surface area contributed by atoms with Crippen LogP contribution in [0.1, 0.15) is 49.9 Å². The predicted molar refractivity (Wildman–Crippen MR) is 203 cm³/mol. The van der Waals surface area contributed by atoms with Crippen LogP contribution in [0.5, 0.6) is 0 Å². The van der Waals surface area contributed by atoms with Gasteiger partial charge < -0.3 is 0 Å². The number of aromatic nitrogens is 2. The lowest BCUT2D eigenvalue weighted by molar-refractivity contribution is 0.660. The van der Waals surface area contributed by atoms with E-state index in [1.807, 2.05) is 36.7 Å². The number of rotatable bonds is 5. The molecule has 9 rings (SSSR count). The fraction of sp³-hybridized carbons (Fsp3) is 0.130. The highest BCUT2D eigenvalue weighted by Gasteiger charge is 2.37. The quantitative estimate of drug-likeness (QED) is 0.189. The number of fused-ring (bicyclic) bond motifs is 6. The number of nitrogens with zero attached hydrogens (tertiary/aromatic N) is 3. The first kappa shape index (κ1) is 29.3. The average molecular weight is 632 g/mol. The molecule has 0 saturated carbocycles. The van der Waals surface area contributed by atoms with E-state index in [2.05, 4.69) is 148 Å². The van der Waals surface area contributed by atoms with Gasteiger partial charge in [-0.05, 0) is 92.0 Å². The third-order valence-corrected chi connectivity index (χ3v) is 10.8. The molecule has 0 fully saturated rings. The number of hydrogen-bond donors (Lipinski definition) is 0. The van der Waals surface area contributed by atoms with E-state index in [9.17, 15) is 0 Å². The molecule has 0 N–H and O–H groups in total. The summed E-state index contributed by atoms with van der Waals surface area (Å²) in [5, 5.41) is 0. The Morgan fingerprint density at radius 3 is 1.24 bits per heavy atom. The van der Waals surface area contributed by atoms with Gasteiger partial charge in [-0.25, -0.2) is 9.97 Å². The van der Waals surface area contributed by atoms with Gasteiger partial charge in [-0.2, -0.15) is 0 Å². The van der Waals surface area contributed by atoms with Crippen LogP contribution in [0.25, 0.3) is 44.5 Å². The Kier molecular flexibility index (Phi) is 6.51. The van der Waals surface area contributed by atoms with Gasteiger partial charge >= 0.3 is 0 Å². The Bertz CT molecular complexity index is 2220. The SMILES string of the molecule is CC1(C)c2ccccc2-c2ccc(-c3cccc(-c4ccc5c(c4)C(C)(C)c4ccccc4-5)c3N(c3ccccn3)c3ccccn3)cc21. The summed E-state index contributed by atoms with van der Waals surface area (Å²) >= 11 is 0. The van der Waals surface area contributed by atoms with Gasteiger partial charge in [-0.3, -0.25) is 4.90 Å². The zero-order valence-electron chi connectivity index (χ0n) is 28.3. The summed E-state index contributed by atoms with van der Waals surface area (Å²) in [5.41, 5.74) is 16.2. The van der Waals surface area contributed by atoms with E-state index in [-0.39, 0.29) is 10.8 Å². The second-order valence-electron chi connectivity index (χ2n) is 14.3. The summed E-state index contributed by atoms with van der Waals surface area (Å²) in [5.74, 6) is 1.63. The average Bonchev–Trinajstić information content (AvgIpc) is 3.52. The first-order chi connectivity index (χ1) is 23.8. The van der Waals surface area contributed by atoms with Gasteiger partial charge in [-0.15, -0.1) is 0 Å². The Morgan fingerprint density at radius 2 is 0.796 bits per heavy atom. The summed E-state index contributed by atoms with van der Waals surface area (Å²) < 4.78 is 0. The fourth-order valence-electron chi connectivity index (χ4n) is 8.31. The number of anilines is 3. The van der Waals surface area contributed by atoms with Crippen molar-refractivity contribution in [1.82, 2.24) is 9.97 Å². The monoisotopic (exact) mass is 631 g/mol. The molecule has 0 aliphatic heterocycles. The van der Waals surface area contributed by atoms with Gasteiger partial charge in [0.2, 0.25) is 0 Å². The van der Waals surface area contributed by atoms with E-state index in [0.29, 0.717) is 0 Å². The molecule has 7 aromatic rings. The zero-order valence-corrected chi connectivity index (χ0v) is 28.3. The molecule has 0 atom stereocenters. The van der Waals surface area contributed by atoms with Gasteiger partial charge in [0.25, 0.3) is 0 Å². The minimum atomic E-state index is -0.109. The molecular weight excluding hydrogens is 595 g/mol. The number of hydrogen-bond acceptors (Lipinski definition) is 3. The highest BCUT2D eigenvalue weighted by Crippen LogP contribution is 2.53. The summed E-state index contributed by atoms with van der Waals surface area (Å²) in [6.07, 6.45) is 3.72. The molecule has 0 bridgehead atoms. The topological polar surface area (TPSA) is 29.0 Å². The standard InChI is InChI=1S/C46H37N3/c1-45(2)38-18-7-5-14-34(38)36-24-22-30(28-40(36)45)32-16-13-17-33(44(32)49(42-20-9-11-26-47-42)43-21-10-12-27-48-43)31-23-25-37-35-15-6-8-19-39(35)46(3,4)41(37)29-31/h5-29H,1-4H3. The molecular formula is C46H37N3. The maximum Gasteiger partial charge on any atom is 0.138 e. The largest absolute Gasteiger partial charge is 0.278 e. The molecule has 5 aromatic carbocycles. The lowest BCUT2D eigenvalue weighted by atomic mass is 9.81. The lowest BCUT2D eigenvalue weighted by Crippen LogP contribution is -2.16. The van der Waals surface area contributed by atoms with Gasteiger partial charge in [0.05, 0.1) is 5.69 Å². The van der Waals surface area contributed by atoms with Crippen molar-refractivity contribution < 1.29 is 0 Å². The summed E-state index contributed by atoms with van der Waals surface area (Å²) in [6.45, 7) is 9.38. The zero-order chi connectivity index (χ0) is 33.3. The third-order valence-electron chi connectivity index (χ3n) is 10.8. The van der Waals surface area contributed by atoms with E-state index in [1.165, 1.54) is 55.6 Å². The Morgan fingerprint density at radius 1 is 0.388 bits per heavy atom. The second kappa shape index (κ2) is 10.9. The molecule has 2 aromatic heterocycles. The normalized spacial score (nSPS) is 14.4. The molecule has 0 unspecified atom stereocenters. The van der Waals surface area contributed by atoms with Crippen LogP contribution in [-0.4, -0.2) is 9.97 Å². The van der Waals surface area contributed by atoms with Crippen molar-refractivity contribution in [2.75, 3.05) is 4.90 Å². The number of benzene rings is 5. The highest BCUT2D eigenvalue weighted by molar-refractivity contribution is 5.98. The summed E-state index contributed by atoms with van der Waals surface area (Å²) in [4.78, 5) is 12.0. The molecule has 0 spiro atoms. The van der Waals surface area contributed by atoms with Gasteiger partial charge in [0.1, 0.15) is 11.6 Å². The maximum atomic E-state index is 4.90. The van der Waals surface area contributed by atoms with Crippen LogP contribution in [0.2, 0.25) is 0 Å². The molecule has 3 nitrogen and oxygen atoms in total. The molecule has 2 aliphatic carbocycles. The highest BCUT2D eigenvalue weighted by atomic mass is 15.2. The number of para-hydroxylation sites is 1. The number of pyridine rings is 2. The molecule has 0 saturated heterocycles. The molecule has 236 valence electrons. The van der Waals surface area contributed by atoms with Crippen LogP contribution in [0.15, 0.2) is 152 Å². The van der Waals surface area contributed by atoms with Gasteiger partial charge in [0, 0.05) is 34.4 Å². The van der Waals surface area contributed by atoms with Crippen molar-refractivity contribution in [3.05, 3.63) is 174 Å². The minimum absolute atomic E-state index is 0.109. The van der Waals surface area contributed by atoms with Gasteiger partial charge in [-0.1, -0.05) is 131 Å². The van der Waals surface area contributed by atoms with Crippen LogP contribution in [0.4, 0.5) is 17.3 Å². The second-order valence-corrected chi connectivity index (χ2v) is 14.3. The van der Waals surface area contributed by atoms with E-state index >= 15 is 0 Å². The van der Waals surface area contributed by atoms with E-state index < -0.39 is 0 Å². The molecule has 3 heteroatoms. The van der Waals surface area contributed by atoms with E-state index in [0.717, 1.165) is 28.5 Å². The third kappa shape index (κ3) is 4.42. The van der Waals surface area contributed by atoms with Crippen LogP contribution in [-0.2, 0) is 10.8 Å². The van der Waals surface area contributed by atoms with E-state index in [1.54, 1.807) is 0 Å². The molecule has 0 amide bonds. The van der Waals surface area contributed by atoms with Crippen LogP contribution in [0.3, 0.4) is 0 Å². The molecule has 2 aliphatic rings. The Hall–Kier alpha value is -5.80. The van der Waals surface area contributed by atoms with Crippen molar-refractivity contribution in [1.29, 1.82) is 0 Å². The van der Waals surface area contributed by atoms with Crippen molar-refractivity contribution in [3.63, 3.8) is 0 Å². The maximum absolute atomic E-state index is 4.90. The van der Waals surface area contributed by atoms with Crippen LogP contribution in [0, 0.1) is 0 Å². The van der Waals surface area contributed by atoms with Crippen molar-refractivity contribution in [3.8, 4) is 44.5 Å². The first-order valence-electron chi connectivity index (χ1n) is 17.1. The lowest BCUT2D eigenvalue weighted by Gasteiger charge is -2.29. The summed E-state index contributed by atoms with van der Waals surface area (Å²) in [7, 11) is 0. The van der Waals surface area contributed by atoms with Crippen molar-refractivity contribution in [2.45, 2.75) is 38.5 Å². The first-order valence-corrected chi connectivity index (χ1v) is 17.1. The Balaban J connectivity index is 1.31. The van der Waals surface area contributed by atoms with Crippen LogP contribution < -0.4 is 4.90 Å². The molecule has 0 radical (unpaired) electrons. The van der Waals surface area contributed by atoms with Crippen molar-refractivity contribution >= 4 is 17.3 Å². The summed E-state index contributed by atoms with van der Waals surface area (Å²) in [6, 6.07) is 50.6. The smallest absolute Gasteiger partial charge is 0.138 e. The van der Waals surface area contributed by atoms with E-state index in [4.69, 9.17) is 9.97 Å². The van der Waals surface area contributed by atoms with Gasteiger partial charge in [0.15, 0.2) is 0 Å². The fourth-order valence-corrected chi connectivity index (χ4v) is 8.31. The van der Waals surface area contributed by atoms with Crippen molar-refractivity contribution in [2.24, 2.45) is 0 Å². The molecule has 49 heavy (non-hydrogen) atoms. The molecule has 2 heterocycles. The van der Waals surface area contributed by atoms with Crippen LogP contribution >= 0.6 is 0 Å². The minimum Gasteiger partial charge on any atom is -0.278 e.